The summed E-state index contributed by atoms with van der Waals surface area (Å²) in [5.41, 5.74) is 1.16. The van der Waals surface area contributed by atoms with E-state index in [0.717, 1.165) is 6.42 Å². The molecule has 0 bridgehead atoms. The van der Waals surface area contributed by atoms with Crippen LogP contribution in [0.15, 0.2) is 24.3 Å². The van der Waals surface area contributed by atoms with E-state index in [1.54, 1.807) is 29.2 Å². The lowest BCUT2D eigenvalue weighted by Crippen LogP contribution is -2.42. The molecule has 2 rings (SSSR count). The molecular weight excluding hydrogens is 296 g/mol. The Bertz CT molecular complexity index is 583. The number of rotatable bonds is 5. The molecule has 2 N–H and O–H groups in total. The summed E-state index contributed by atoms with van der Waals surface area (Å²) in [6.07, 6.45) is 2.56. The number of nitrogens with zero attached hydrogens (tertiary/aromatic N) is 1. The van der Waals surface area contributed by atoms with Crippen LogP contribution in [0.5, 0.6) is 0 Å². The predicted molar refractivity (Wildman–Crippen MR) is 86.2 cm³/mol. The number of benzene rings is 1. The van der Waals surface area contributed by atoms with Crippen LogP contribution in [-0.4, -0.2) is 40.9 Å². The Hall–Kier alpha value is -2.37. The molecule has 1 aromatic rings. The van der Waals surface area contributed by atoms with E-state index in [4.69, 9.17) is 5.11 Å². The zero-order valence-electron chi connectivity index (χ0n) is 13.2. The zero-order valence-corrected chi connectivity index (χ0v) is 13.2. The highest BCUT2D eigenvalue weighted by Gasteiger charge is 2.28. The Morgan fingerprint density at radius 1 is 1.26 bits per heavy atom. The topological polar surface area (TPSA) is 86.7 Å². The van der Waals surface area contributed by atoms with E-state index < -0.39 is 11.9 Å². The Morgan fingerprint density at radius 2 is 1.96 bits per heavy atom. The first-order valence-corrected chi connectivity index (χ1v) is 7.93. The second-order valence-electron chi connectivity index (χ2n) is 5.80. The van der Waals surface area contributed by atoms with Gasteiger partial charge >= 0.3 is 5.97 Å². The quantitative estimate of drug-likeness (QED) is 0.872. The number of carbonyl (C=O) groups is 3. The lowest BCUT2D eigenvalue weighted by Gasteiger charge is -2.30. The molecule has 0 saturated carbocycles. The number of amides is 2. The maximum atomic E-state index is 12.4. The summed E-state index contributed by atoms with van der Waals surface area (Å²) in [6.45, 7) is 2.77. The highest BCUT2D eigenvalue weighted by atomic mass is 16.4. The van der Waals surface area contributed by atoms with Gasteiger partial charge < -0.3 is 15.3 Å². The third-order valence-corrected chi connectivity index (χ3v) is 3.95. The van der Waals surface area contributed by atoms with Crippen LogP contribution in [0.2, 0.25) is 0 Å². The first-order chi connectivity index (χ1) is 11.0. The van der Waals surface area contributed by atoms with Gasteiger partial charge in [-0.2, -0.15) is 0 Å². The van der Waals surface area contributed by atoms with Crippen molar-refractivity contribution < 1.29 is 19.5 Å². The molecule has 6 heteroatoms. The van der Waals surface area contributed by atoms with E-state index in [1.807, 2.05) is 6.92 Å². The van der Waals surface area contributed by atoms with E-state index in [0.29, 0.717) is 37.1 Å². The van der Waals surface area contributed by atoms with Crippen molar-refractivity contribution in [1.82, 2.24) is 4.90 Å². The first kappa shape index (κ1) is 17.0. The van der Waals surface area contributed by atoms with Crippen molar-refractivity contribution >= 4 is 23.5 Å². The normalized spacial score (nSPS) is 17.6. The Morgan fingerprint density at radius 3 is 2.57 bits per heavy atom. The third-order valence-electron chi connectivity index (χ3n) is 3.95. The molecule has 1 aliphatic rings. The van der Waals surface area contributed by atoms with Crippen molar-refractivity contribution in [2.75, 3.05) is 18.4 Å². The molecular formula is C17H22N2O4. The highest BCUT2D eigenvalue weighted by Crippen LogP contribution is 2.19. The molecule has 0 aromatic heterocycles. The fourth-order valence-corrected chi connectivity index (χ4v) is 2.69. The van der Waals surface area contributed by atoms with E-state index in [9.17, 15) is 14.4 Å². The van der Waals surface area contributed by atoms with E-state index in [1.165, 1.54) is 0 Å². The van der Waals surface area contributed by atoms with Crippen LogP contribution in [0.1, 0.15) is 43.0 Å². The van der Waals surface area contributed by atoms with Gasteiger partial charge in [0.15, 0.2) is 0 Å². The molecule has 0 radical (unpaired) electrons. The average molecular weight is 318 g/mol. The van der Waals surface area contributed by atoms with Gasteiger partial charge in [0, 0.05) is 30.8 Å². The van der Waals surface area contributed by atoms with Crippen molar-refractivity contribution in [2.45, 2.75) is 32.6 Å². The monoisotopic (exact) mass is 318 g/mol. The summed E-state index contributed by atoms with van der Waals surface area (Å²) in [6, 6.07) is 6.71. The van der Waals surface area contributed by atoms with Gasteiger partial charge in [-0.3, -0.25) is 14.4 Å². The SMILES string of the molecule is CCCC(=O)Nc1ccc(C(=O)N2CCCC(C(=O)O)C2)cc1. The lowest BCUT2D eigenvalue weighted by atomic mass is 9.97. The van der Waals surface area contributed by atoms with Crippen molar-refractivity contribution in [3.63, 3.8) is 0 Å². The second-order valence-corrected chi connectivity index (χ2v) is 5.80. The molecule has 1 atom stereocenters. The molecule has 124 valence electrons. The molecule has 2 amide bonds. The molecule has 1 fully saturated rings. The molecule has 1 aliphatic heterocycles. The molecule has 1 heterocycles. The number of nitrogens with one attached hydrogen (secondary N) is 1. The summed E-state index contributed by atoms with van der Waals surface area (Å²) in [5.74, 6) is -1.55. The highest BCUT2D eigenvalue weighted by molar-refractivity contribution is 5.96. The minimum absolute atomic E-state index is 0.0492. The summed E-state index contributed by atoms with van der Waals surface area (Å²) in [4.78, 5) is 36.7. The summed E-state index contributed by atoms with van der Waals surface area (Å²) >= 11 is 0. The lowest BCUT2D eigenvalue weighted by molar-refractivity contribution is -0.143. The molecule has 1 aromatic carbocycles. The fourth-order valence-electron chi connectivity index (χ4n) is 2.69. The number of hydrogen-bond acceptors (Lipinski definition) is 3. The largest absolute Gasteiger partial charge is 0.481 e. The maximum absolute atomic E-state index is 12.4. The van der Waals surface area contributed by atoms with Crippen LogP contribution in [-0.2, 0) is 9.59 Å². The van der Waals surface area contributed by atoms with Gasteiger partial charge in [0.05, 0.1) is 5.92 Å². The van der Waals surface area contributed by atoms with Crippen LogP contribution in [0, 0.1) is 5.92 Å². The zero-order chi connectivity index (χ0) is 16.8. The minimum Gasteiger partial charge on any atom is -0.481 e. The Balaban J connectivity index is 1.99. The minimum atomic E-state index is -0.850. The standard InChI is InChI=1S/C17H22N2O4/c1-2-4-15(20)18-14-8-6-12(7-9-14)16(21)19-10-3-5-13(11-19)17(22)23/h6-9,13H,2-5,10-11H2,1H3,(H,18,20)(H,22,23). The van der Waals surface area contributed by atoms with Crippen molar-refractivity contribution in [3.05, 3.63) is 29.8 Å². The van der Waals surface area contributed by atoms with Gasteiger partial charge in [0.1, 0.15) is 0 Å². The number of hydrogen-bond donors (Lipinski definition) is 2. The maximum Gasteiger partial charge on any atom is 0.308 e. The number of carbonyl (C=O) groups excluding carboxylic acids is 2. The number of piperidine rings is 1. The number of carboxylic acids is 1. The number of anilines is 1. The van der Waals surface area contributed by atoms with Gasteiger partial charge in [-0.15, -0.1) is 0 Å². The van der Waals surface area contributed by atoms with Gasteiger partial charge in [0.2, 0.25) is 5.91 Å². The Kier molecular flexibility index (Phi) is 5.73. The number of carboxylic acid groups (broad SMARTS) is 1. The molecule has 23 heavy (non-hydrogen) atoms. The summed E-state index contributed by atoms with van der Waals surface area (Å²) < 4.78 is 0. The van der Waals surface area contributed by atoms with Crippen LogP contribution in [0.4, 0.5) is 5.69 Å². The van der Waals surface area contributed by atoms with Crippen molar-refractivity contribution in [3.8, 4) is 0 Å². The molecule has 6 nitrogen and oxygen atoms in total. The third kappa shape index (κ3) is 4.55. The van der Waals surface area contributed by atoms with Crippen LogP contribution < -0.4 is 5.32 Å². The van der Waals surface area contributed by atoms with Crippen molar-refractivity contribution in [2.24, 2.45) is 5.92 Å². The first-order valence-electron chi connectivity index (χ1n) is 7.93. The fraction of sp³-hybridized carbons (Fsp3) is 0.471. The molecule has 0 aliphatic carbocycles. The molecule has 1 saturated heterocycles. The van der Waals surface area contributed by atoms with Gasteiger partial charge in [-0.1, -0.05) is 6.92 Å². The van der Waals surface area contributed by atoms with Crippen LogP contribution >= 0.6 is 0 Å². The van der Waals surface area contributed by atoms with Crippen molar-refractivity contribution in [1.29, 1.82) is 0 Å². The smallest absolute Gasteiger partial charge is 0.308 e. The van der Waals surface area contributed by atoms with Gasteiger partial charge in [0.25, 0.3) is 5.91 Å². The predicted octanol–water partition coefficient (Wildman–Crippen LogP) is 2.36. The van der Waals surface area contributed by atoms with Gasteiger partial charge in [-0.05, 0) is 43.5 Å². The number of aliphatic carboxylic acids is 1. The van der Waals surface area contributed by atoms with Crippen LogP contribution in [0.3, 0.4) is 0 Å². The second kappa shape index (κ2) is 7.76. The van der Waals surface area contributed by atoms with E-state index in [2.05, 4.69) is 5.32 Å². The summed E-state index contributed by atoms with van der Waals surface area (Å²) in [7, 11) is 0. The van der Waals surface area contributed by atoms with E-state index in [-0.39, 0.29) is 18.4 Å². The molecule has 0 spiro atoms. The summed E-state index contributed by atoms with van der Waals surface area (Å²) in [5, 5.41) is 11.9. The van der Waals surface area contributed by atoms with E-state index >= 15 is 0 Å². The molecule has 1 unspecified atom stereocenters. The van der Waals surface area contributed by atoms with Crippen LogP contribution in [0.25, 0.3) is 0 Å². The average Bonchev–Trinajstić information content (AvgIpc) is 2.55. The Labute approximate surface area is 135 Å². The number of likely N-dealkylation sites (tertiary alicyclic amines) is 1. The van der Waals surface area contributed by atoms with Gasteiger partial charge in [-0.25, -0.2) is 0 Å².